The van der Waals surface area contributed by atoms with Crippen LogP contribution in [0.15, 0.2) is 18.2 Å². The Morgan fingerprint density at radius 2 is 1.93 bits per heavy atom. The lowest BCUT2D eigenvalue weighted by Gasteiger charge is -2.28. The van der Waals surface area contributed by atoms with Gasteiger partial charge in [-0.25, -0.2) is 4.79 Å². The predicted molar refractivity (Wildman–Crippen MR) is 108 cm³/mol. The van der Waals surface area contributed by atoms with Crippen molar-refractivity contribution in [3.8, 4) is 0 Å². The quantitative estimate of drug-likeness (QED) is 0.380. The summed E-state index contributed by atoms with van der Waals surface area (Å²) in [5.74, 6) is -0.621. The summed E-state index contributed by atoms with van der Waals surface area (Å²) in [5, 5.41) is 14.2. The molecule has 0 bridgehead atoms. The molecule has 0 aromatic heterocycles. The molecule has 1 fully saturated rings. The van der Waals surface area contributed by atoms with E-state index in [1.54, 1.807) is 0 Å². The minimum absolute atomic E-state index is 0.0162. The molecule has 1 saturated heterocycles. The number of carbonyl (C=O) groups is 2. The smallest absolute Gasteiger partial charge is 0.338 e. The van der Waals surface area contributed by atoms with Crippen molar-refractivity contribution in [3.05, 3.63) is 33.9 Å². The topological polar surface area (TPSA) is 111 Å². The molecule has 0 radical (unpaired) electrons. The second-order valence-electron chi connectivity index (χ2n) is 7.58. The number of benzene rings is 1. The molecule has 0 saturated carbocycles. The number of hydrogen-bond acceptors (Lipinski definition) is 7. The fourth-order valence-electron chi connectivity index (χ4n) is 3.05. The highest BCUT2D eigenvalue weighted by Crippen LogP contribution is 2.30. The maximum Gasteiger partial charge on any atom is 0.338 e. The van der Waals surface area contributed by atoms with Gasteiger partial charge in [0.25, 0.3) is 11.6 Å². The summed E-state index contributed by atoms with van der Waals surface area (Å²) in [6.45, 7) is 7.76. The molecule has 160 valence electrons. The summed E-state index contributed by atoms with van der Waals surface area (Å²) in [4.78, 5) is 37.0. The Kier molecular flexibility index (Phi) is 8.38. The molecule has 1 atom stereocenters. The van der Waals surface area contributed by atoms with E-state index in [0.29, 0.717) is 37.9 Å². The third-order valence-electron chi connectivity index (χ3n) is 4.68. The van der Waals surface area contributed by atoms with E-state index >= 15 is 0 Å². The van der Waals surface area contributed by atoms with E-state index in [9.17, 15) is 19.7 Å². The number of rotatable bonds is 9. The van der Waals surface area contributed by atoms with Crippen LogP contribution in [0.5, 0.6) is 0 Å². The molecule has 1 amide bonds. The van der Waals surface area contributed by atoms with Gasteiger partial charge >= 0.3 is 5.97 Å². The van der Waals surface area contributed by atoms with Gasteiger partial charge in [0.1, 0.15) is 5.69 Å². The maximum absolute atomic E-state index is 12.3. The fraction of sp³-hybridized carbons (Fsp3) is 0.600. The Bertz CT molecular complexity index is 731. The molecule has 0 unspecified atom stereocenters. The molecule has 1 aliphatic heterocycles. The lowest BCUT2D eigenvalue weighted by molar-refractivity contribution is -0.384. The molecular weight excluding hydrogens is 378 g/mol. The highest BCUT2D eigenvalue weighted by molar-refractivity contribution is 5.93. The number of anilines is 1. The third-order valence-corrected chi connectivity index (χ3v) is 4.68. The molecule has 0 spiro atoms. The number of amides is 1. The van der Waals surface area contributed by atoms with Gasteiger partial charge in [0.2, 0.25) is 0 Å². The third kappa shape index (κ3) is 7.01. The molecule has 9 heteroatoms. The molecule has 0 aliphatic carbocycles. The van der Waals surface area contributed by atoms with Crippen LogP contribution in [0.1, 0.15) is 44.0 Å². The molecule has 9 nitrogen and oxygen atoms in total. The summed E-state index contributed by atoms with van der Waals surface area (Å²) in [7, 11) is 0. The summed E-state index contributed by atoms with van der Waals surface area (Å²) in [5.41, 5.74) is 0.300. The number of morpholine rings is 1. The van der Waals surface area contributed by atoms with Crippen LogP contribution in [0.2, 0.25) is 0 Å². The van der Waals surface area contributed by atoms with Crippen LogP contribution < -0.4 is 10.2 Å². The first-order valence-corrected chi connectivity index (χ1v) is 9.85. The Hall–Kier alpha value is -2.68. The molecule has 1 aromatic carbocycles. The van der Waals surface area contributed by atoms with Crippen molar-refractivity contribution >= 4 is 23.3 Å². The van der Waals surface area contributed by atoms with Gasteiger partial charge < -0.3 is 19.7 Å². The summed E-state index contributed by atoms with van der Waals surface area (Å²) in [6.07, 6.45) is 1.83. The molecule has 2 rings (SSSR count). The van der Waals surface area contributed by atoms with Gasteiger partial charge in [-0.3, -0.25) is 14.9 Å². The van der Waals surface area contributed by atoms with Gasteiger partial charge in [0.15, 0.2) is 6.61 Å². The van der Waals surface area contributed by atoms with E-state index in [-0.39, 0.29) is 17.3 Å². The van der Waals surface area contributed by atoms with Crippen molar-refractivity contribution in [2.24, 2.45) is 5.92 Å². The number of nitro benzene ring substituents is 1. The van der Waals surface area contributed by atoms with E-state index in [1.165, 1.54) is 18.2 Å². The zero-order chi connectivity index (χ0) is 21.4. The van der Waals surface area contributed by atoms with E-state index in [4.69, 9.17) is 9.47 Å². The van der Waals surface area contributed by atoms with Crippen molar-refractivity contribution in [2.75, 3.05) is 37.8 Å². The van der Waals surface area contributed by atoms with Crippen LogP contribution in [0, 0.1) is 16.0 Å². The van der Waals surface area contributed by atoms with Gasteiger partial charge in [-0.1, -0.05) is 13.8 Å². The minimum Gasteiger partial charge on any atom is -0.452 e. The van der Waals surface area contributed by atoms with Crippen molar-refractivity contribution in [2.45, 2.75) is 39.7 Å². The van der Waals surface area contributed by atoms with Crippen LogP contribution >= 0.6 is 0 Å². The van der Waals surface area contributed by atoms with Crippen LogP contribution in [-0.2, 0) is 14.3 Å². The van der Waals surface area contributed by atoms with Gasteiger partial charge in [-0.15, -0.1) is 0 Å². The molecule has 1 N–H and O–H groups in total. The van der Waals surface area contributed by atoms with E-state index in [2.05, 4.69) is 19.2 Å². The van der Waals surface area contributed by atoms with Gasteiger partial charge in [0.05, 0.1) is 23.7 Å². The highest BCUT2D eigenvalue weighted by atomic mass is 16.6. The molecular formula is C20H29N3O6. The van der Waals surface area contributed by atoms with Crippen molar-refractivity contribution in [3.63, 3.8) is 0 Å². The average Bonchev–Trinajstić information content (AvgIpc) is 2.70. The first kappa shape index (κ1) is 22.6. The summed E-state index contributed by atoms with van der Waals surface area (Å²) >= 11 is 0. The van der Waals surface area contributed by atoms with Crippen molar-refractivity contribution < 1.29 is 24.0 Å². The summed E-state index contributed by atoms with van der Waals surface area (Å²) < 4.78 is 10.3. The second-order valence-corrected chi connectivity index (χ2v) is 7.58. The zero-order valence-electron chi connectivity index (χ0n) is 17.2. The number of nitrogens with one attached hydrogen (secondary N) is 1. The first-order chi connectivity index (χ1) is 13.8. The lowest BCUT2D eigenvalue weighted by atomic mass is 10.0. The van der Waals surface area contributed by atoms with Crippen molar-refractivity contribution in [1.82, 2.24) is 5.32 Å². The summed E-state index contributed by atoms with van der Waals surface area (Å²) in [6, 6.07) is 4.19. The van der Waals surface area contributed by atoms with Gasteiger partial charge in [-0.05, 0) is 37.8 Å². The number of esters is 1. The second kappa shape index (κ2) is 10.8. The molecule has 29 heavy (non-hydrogen) atoms. The SMILES string of the molecule is CC(C)CC[C@H](C)NC(=O)COC(=O)c1ccc(N2CCOCC2)c([N+](=O)[O-])c1. The average molecular weight is 407 g/mol. The number of carbonyl (C=O) groups excluding carboxylic acids is 2. The number of nitrogens with zero attached hydrogens (tertiary/aromatic N) is 2. The van der Waals surface area contributed by atoms with E-state index < -0.39 is 23.4 Å². The van der Waals surface area contributed by atoms with Gasteiger partial charge in [0, 0.05) is 25.2 Å². The van der Waals surface area contributed by atoms with Crippen LogP contribution in [-0.4, -0.2) is 55.8 Å². The van der Waals surface area contributed by atoms with Crippen LogP contribution in [0.3, 0.4) is 0 Å². The first-order valence-electron chi connectivity index (χ1n) is 9.85. The number of nitro groups is 1. The zero-order valence-corrected chi connectivity index (χ0v) is 17.2. The Morgan fingerprint density at radius 3 is 2.55 bits per heavy atom. The van der Waals surface area contributed by atoms with Gasteiger partial charge in [-0.2, -0.15) is 0 Å². The standard InChI is InChI=1S/C20H29N3O6/c1-14(2)4-5-15(3)21-19(24)13-29-20(25)16-6-7-17(18(12-16)23(26)27)22-8-10-28-11-9-22/h6-7,12,14-15H,4-5,8-11,13H2,1-3H3,(H,21,24)/t15-/m0/s1. The number of hydrogen-bond donors (Lipinski definition) is 1. The monoisotopic (exact) mass is 407 g/mol. The highest BCUT2D eigenvalue weighted by Gasteiger charge is 2.24. The lowest BCUT2D eigenvalue weighted by Crippen LogP contribution is -2.36. The Balaban J connectivity index is 1.95. The largest absolute Gasteiger partial charge is 0.452 e. The normalized spacial score (nSPS) is 15.1. The van der Waals surface area contributed by atoms with E-state index in [1.807, 2.05) is 11.8 Å². The van der Waals surface area contributed by atoms with Crippen LogP contribution in [0.4, 0.5) is 11.4 Å². The van der Waals surface area contributed by atoms with E-state index in [0.717, 1.165) is 12.8 Å². The molecule has 1 heterocycles. The Labute approximate surface area is 170 Å². The fourth-order valence-corrected chi connectivity index (χ4v) is 3.05. The maximum atomic E-state index is 12.3. The van der Waals surface area contributed by atoms with Crippen molar-refractivity contribution in [1.29, 1.82) is 0 Å². The molecule has 1 aromatic rings. The Morgan fingerprint density at radius 1 is 1.24 bits per heavy atom. The predicted octanol–water partition coefficient (Wildman–Crippen LogP) is 2.53. The van der Waals surface area contributed by atoms with Crippen LogP contribution in [0.25, 0.3) is 0 Å². The molecule has 1 aliphatic rings. The number of ether oxygens (including phenoxy) is 2. The minimum atomic E-state index is -0.772.